The van der Waals surface area contributed by atoms with Crippen LogP contribution in [0.1, 0.15) is 18.1 Å². The predicted molar refractivity (Wildman–Crippen MR) is 73.6 cm³/mol. The predicted octanol–water partition coefficient (Wildman–Crippen LogP) is 4.07. The number of aromatic nitrogens is 1. The van der Waals surface area contributed by atoms with Gasteiger partial charge in [0.1, 0.15) is 11.9 Å². The lowest BCUT2D eigenvalue weighted by Crippen LogP contribution is -2.08. The number of anilines is 1. The first-order valence-corrected chi connectivity index (χ1v) is 6.29. The molecule has 1 heterocycles. The summed E-state index contributed by atoms with van der Waals surface area (Å²) in [5.41, 5.74) is -0.277. The molecule has 1 aromatic heterocycles. The Bertz CT molecular complexity index is 687. The van der Waals surface area contributed by atoms with Gasteiger partial charge in [0.05, 0.1) is 16.8 Å². The normalized spacial score (nSPS) is 11.0. The van der Waals surface area contributed by atoms with Crippen molar-refractivity contribution in [3.05, 3.63) is 47.5 Å². The standard InChI is InChI=1S/C15H12F3N3/c1-2-20-14-10(9-19)7-8-13(21-14)11-5-3-4-6-12(11)15(16,17)18/h3-8H,2H2,1H3,(H,20,21). The molecule has 0 spiro atoms. The fraction of sp³-hybridized carbons (Fsp3) is 0.200. The summed E-state index contributed by atoms with van der Waals surface area (Å²) in [6, 6.07) is 10.1. The molecule has 3 nitrogen and oxygen atoms in total. The summed E-state index contributed by atoms with van der Waals surface area (Å²) in [5.74, 6) is 0.287. The Morgan fingerprint density at radius 1 is 1.19 bits per heavy atom. The van der Waals surface area contributed by atoms with Crippen molar-refractivity contribution in [2.75, 3.05) is 11.9 Å². The third kappa shape index (κ3) is 3.14. The second-order valence-electron chi connectivity index (χ2n) is 4.28. The summed E-state index contributed by atoms with van der Waals surface area (Å²) in [5, 5.41) is 11.9. The van der Waals surface area contributed by atoms with Crippen LogP contribution >= 0.6 is 0 Å². The second-order valence-corrected chi connectivity index (χ2v) is 4.28. The van der Waals surface area contributed by atoms with Crippen LogP contribution in [0.4, 0.5) is 19.0 Å². The van der Waals surface area contributed by atoms with E-state index >= 15 is 0 Å². The molecule has 6 heteroatoms. The van der Waals surface area contributed by atoms with Crippen molar-refractivity contribution in [1.29, 1.82) is 5.26 Å². The van der Waals surface area contributed by atoms with Gasteiger partial charge in [-0.3, -0.25) is 0 Å². The monoisotopic (exact) mass is 291 g/mol. The molecule has 0 aliphatic rings. The summed E-state index contributed by atoms with van der Waals surface area (Å²) in [6.07, 6.45) is -4.45. The first kappa shape index (κ1) is 14.9. The van der Waals surface area contributed by atoms with E-state index in [2.05, 4.69) is 10.3 Å². The minimum absolute atomic E-state index is 0.00589. The third-order valence-corrected chi connectivity index (χ3v) is 2.87. The Labute approximate surface area is 120 Å². The van der Waals surface area contributed by atoms with Gasteiger partial charge in [0.15, 0.2) is 0 Å². The van der Waals surface area contributed by atoms with Crippen molar-refractivity contribution in [3.63, 3.8) is 0 Å². The summed E-state index contributed by atoms with van der Waals surface area (Å²) < 4.78 is 39.1. The number of rotatable bonds is 3. The van der Waals surface area contributed by atoms with Gasteiger partial charge in [-0.25, -0.2) is 4.98 Å². The van der Waals surface area contributed by atoms with Crippen LogP contribution in [0.15, 0.2) is 36.4 Å². The molecule has 0 fully saturated rings. The van der Waals surface area contributed by atoms with E-state index in [9.17, 15) is 13.2 Å². The number of pyridine rings is 1. The van der Waals surface area contributed by atoms with Crippen LogP contribution in [0.2, 0.25) is 0 Å². The molecule has 2 rings (SSSR count). The molecular weight excluding hydrogens is 279 g/mol. The minimum Gasteiger partial charge on any atom is -0.369 e. The van der Waals surface area contributed by atoms with E-state index in [1.807, 2.05) is 13.0 Å². The van der Waals surface area contributed by atoms with E-state index < -0.39 is 11.7 Å². The van der Waals surface area contributed by atoms with Crippen molar-refractivity contribution in [2.24, 2.45) is 0 Å². The average Bonchev–Trinajstić information content (AvgIpc) is 2.46. The lowest BCUT2D eigenvalue weighted by Gasteiger charge is -2.13. The van der Waals surface area contributed by atoms with Crippen molar-refractivity contribution >= 4 is 5.82 Å². The van der Waals surface area contributed by atoms with Gasteiger partial charge in [-0.2, -0.15) is 18.4 Å². The number of nitrogens with zero attached hydrogens (tertiary/aromatic N) is 2. The van der Waals surface area contributed by atoms with Gasteiger partial charge < -0.3 is 5.32 Å². The number of hydrogen-bond acceptors (Lipinski definition) is 3. The van der Waals surface area contributed by atoms with Crippen LogP contribution in [-0.2, 0) is 6.18 Å². The molecule has 21 heavy (non-hydrogen) atoms. The molecule has 0 atom stereocenters. The molecule has 0 radical (unpaired) electrons. The Hall–Kier alpha value is -2.55. The summed E-state index contributed by atoms with van der Waals surface area (Å²) >= 11 is 0. The van der Waals surface area contributed by atoms with Gasteiger partial charge in [-0.1, -0.05) is 18.2 Å². The zero-order valence-electron chi connectivity index (χ0n) is 11.2. The van der Waals surface area contributed by atoms with Crippen LogP contribution in [0.3, 0.4) is 0 Å². The third-order valence-electron chi connectivity index (χ3n) is 2.87. The van der Waals surface area contributed by atoms with E-state index in [-0.39, 0.29) is 17.1 Å². The van der Waals surface area contributed by atoms with E-state index in [4.69, 9.17) is 5.26 Å². The first-order chi connectivity index (χ1) is 9.97. The maximum absolute atomic E-state index is 13.0. The zero-order valence-corrected chi connectivity index (χ0v) is 11.2. The van der Waals surface area contributed by atoms with Crippen molar-refractivity contribution in [2.45, 2.75) is 13.1 Å². The van der Waals surface area contributed by atoms with Crippen LogP contribution in [0, 0.1) is 11.3 Å². The fourth-order valence-corrected chi connectivity index (χ4v) is 1.96. The Morgan fingerprint density at radius 2 is 1.90 bits per heavy atom. The van der Waals surface area contributed by atoms with Crippen molar-refractivity contribution in [3.8, 4) is 17.3 Å². The van der Waals surface area contributed by atoms with Gasteiger partial charge in [-0.15, -0.1) is 0 Å². The molecule has 0 aliphatic carbocycles. The minimum atomic E-state index is -4.45. The molecule has 108 valence electrons. The molecule has 0 unspecified atom stereocenters. The lowest BCUT2D eigenvalue weighted by molar-refractivity contribution is -0.137. The van der Waals surface area contributed by atoms with Crippen LogP contribution < -0.4 is 5.32 Å². The number of alkyl halides is 3. The van der Waals surface area contributed by atoms with Gasteiger partial charge in [0.2, 0.25) is 0 Å². The topological polar surface area (TPSA) is 48.7 Å². The summed E-state index contributed by atoms with van der Waals surface area (Å²) in [6.45, 7) is 2.34. The zero-order chi connectivity index (χ0) is 15.5. The molecule has 1 N–H and O–H groups in total. The van der Waals surface area contributed by atoms with Gasteiger partial charge >= 0.3 is 6.18 Å². The van der Waals surface area contributed by atoms with Crippen molar-refractivity contribution in [1.82, 2.24) is 4.98 Å². The van der Waals surface area contributed by atoms with E-state index in [1.165, 1.54) is 30.3 Å². The average molecular weight is 291 g/mol. The first-order valence-electron chi connectivity index (χ1n) is 6.29. The Morgan fingerprint density at radius 3 is 2.52 bits per heavy atom. The van der Waals surface area contributed by atoms with Gasteiger partial charge in [-0.05, 0) is 25.1 Å². The maximum Gasteiger partial charge on any atom is 0.417 e. The molecule has 0 aliphatic heterocycles. The number of halogens is 3. The molecule has 0 bridgehead atoms. The summed E-state index contributed by atoms with van der Waals surface area (Å²) in [4.78, 5) is 4.14. The highest BCUT2D eigenvalue weighted by atomic mass is 19.4. The maximum atomic E-state index is 13.0. The smallest absolute Gasteiger partial charge is 0.369 e. The summed E-state index contributed by atoms with van der Waals surface area (Å²) in [7, 11) is 0. The van der Waals surface area contributed by atoms with Crippen LogP contribution in [0.25, 0.3) is 11.3 Å². The van der Waals surface area contributed by atoms with Crippen LogP contribution in [-0.4, -0.2) is 11.5 Å². The fourth-order valence-electron chi connectivity index (χ4n) is 1.96. The second kappa shape index (κ2) is 5.83. The molecule has 2 aromatic rings. The highest BCUT2D eigenvalue weighted by molar-refractivity contribution is 5.68. The molecule has 0 amide bonds. The molecule has 0 saturated carbocycles. The SMILES string of the molecule is CCNc1nc(-c2ccccc2C(F)(F)F)ccc1C#N. The lowest BCUT2D eigenvalue weighted by atomic mass is 10.0. The number of nitrogens with one attached hydrogen (secondary N) is 1. The highest BCUT2D eigenvalue weighted by Crippen LogP contribution is 2.36. The molecular formula is C15H12F3N3. The Balaban J connectivity index is 2.58. The van der Waals surface area contributed by atoms with Gasteiger partial charge in [0.25, 0.3) is 0 Å². The number of benzene rings is 1. The van der Waals surface area contributed by atoms with E-state index in [0.717, 1.165) is 6.07 Å². The number of hydrogen-bond donors (Lipinski definition) is 1. The quantitative estimate of drug-likeness (QED) is 0.927. The largest absolute Gasteiger partial charge is 0.417 e. The number of nitriles is 1. The Kier molecular flexibility index (Phi) is 4.13. The molecule has 1 aromatic carbocycles. The molecule has 0 saturated heterocycles. The van der Waals surface area contributed by atoms with E-state index in [0.29, 0.717) is 12.1 Å². The van der Waals surface area contributed by atoms with Gasteiger partial charge in [0, 0.05) is 12.1 Å². The van der Waals surface area contributed by atoms with Crippen molar-refractivity contribution < 1.29 is 13.2 Å². The van der Waals surface area contributed by atoms with Crippen LogP contribution in [0.5, 0.6) is 0 Å². The highest BCUT2D eigenvalue weighted by Gasteiger charge is 2.33. The van der Waals surface area contributed by atoms with E-state index in [1.54, 1.807) is 0 Å².